The van der Waals surface area contributed by atoms with Gasteiger partial charge in [0.25, 0.3) is 0 Å². The highest BCUT2D eigenvalue weighted by Crippen LogP contribution is 2.26. The fourth-order valence-electron chi connectivity index (χ4n) is 2.05. The normalized spacial score (nSPS) is 22.3. The number of esters is 1. The van der Waals surface area contributed by atoms with Crippen LogP contribution in [0.2, 0.25) is 0 Å². The SMILES string of the molecule is CO[C@@H](c1ccccc1)[C@@H](O)[C@H]1CC=CC(=O)O1. The van der Waals surface area contributed by atoms with Crippen LogP contribution in [0, 0.1) is 0 Å². The van der Waals surface area contributed by atoms with Crippen LogP contribution in [0.3, 0.4) is 0 Å². The van der Waals surface area contributed by atoms with E-state index in [0.29, 0.717) is 6.42 Å². The summed E-state index contributed by atoms with van der Waals surface area (Å²) >= 11 is 0. The monoisotopic (exact) mass is 248 g/mol. The Balaban J connectivity index is 2.13. The molecule has 1 aromatic rings. The minimum atomic E-state index is -0.883. The van der Waals surface area contributed by atoms with Gasteiger partial charge in [-0.1, -0.05) is 36.4 Å². The van der Waals surface area contributed by atoms with Crippen LogP contribution in [0.15, 0.2) is 42.5 Å². The van der Waals surface area contributed by atoms with E-state index in [9.17, 15) is 9.90 Å². The molecule has 0 spiro atoms. The first-order valence-electron chi connectivity index (χ1n) is 5.85. The van der Waals surface area contributed by atoms with Crippen molar-refractivity contribution in [3.8, 4) is 0 Å². The van der Waals surface area contributed by atoms with Crippen LogP contribution in [-0.4, -0.2) is 30.4 Å². The Hall–Kier alpha value is -1.65. The zero-order valence-electron chi connectivity index (χ0n) is 10.2. The quantitative estimate of drug-likeness (QED) is 0.822. The summed E-state index contributed by atoms with van der Waals surface area (Å²) in [6.07, 6.45) is 1.62. The highest BCUT2D eigenvalue weighted by Gasteiger charge is 2.32. The van der Waals surface area contributed by atoms with Crippen molar-refractivity contribution in [1.82, 2.24) is 0 Å². The number of cyclic esters (lactones) is 1. The van der Waals surface area contributed by atoms with Gasteiger partial charge in [-0.15, -0.1) is 0 Å². The van der Waals surface area contributed by atoms with Gasteiger partial charge in [-0.05, 0) is 5.56 Å². The maximum atomic E-state index is 11.2. The van der Waals surface area contributed by atoms with E-state index in [-0.39, 0.29) is 0 Å². The van der Waals surface area contributed by atoms with E-state index >= 15 is 0 Å². The van der Waals surface area contributed by atoms with Crippen molar-refractivity contribution in [3.05, 3.63) is 48.0 Å². The van der Waals surface area contributed by atoms with Gasteiger partial charge in [-0.3, -0.25) is 0 Å². The van der Waals surface area contributed by atoms with E-state index in [4.69, 9.17) is 9.47 Å². The van der Waals surface area contributed by atoms with Gasteiger partial charge < -0.3 is 14.6 Å². The first-order valence-corrected chi connectivity index (χ1v) is 5.85. The summed E-state index contributed by atoms with van der Waals surface area (Å²) in [4.78, 5) is 11.2. The molecule has 0 unspecified atom stereocenters. The Labute approximate surface area is 106 Å². The fraction of sp³-hybridized carbons (Fsp3) is 0.357. The Morgan fingerprint density at radius 1 is 1.39 bits per heavy atom. The lowest BCUT2D eigenvalue weighted by Crippen LogP contribution is -2.37. The van der Waals surface area contributed by atoms with Crippen molar-refractivity contribution in [2.45, 2.75) is 24.7 Å². The Bertz CT molecular complexity index is 427. The van der Waals surface area contributed by atoms with Crippen LogP contribution < -0.4 is 0 Å². The fourth-order valence-corrected chi connectivity index (χ4v) is 2.05. The molecular weight excluding hydrogens is 232 g/mol. The van der Waals surface area contributed by atoms with Crippen LogP contribution in [0.25, 0.3) is 0 Å². The average Bonchev–Trinajstić information content (AvgIpc) is 2.41. The largest absolute Gasteiger partial charge is 0.456 e. The molecule has 2 rings (SSSR count). The van der Waals surface area contributed by atoms with Crippen LogP contribution in [-0.2, 0) is 14.3 Å². The third kappa shape index (κ3) is 2.78. The van der Waals surface area contributed by atoms with Gasteiger partial charge in [0.1, 0.15) is 18.3 Å². The molecular formula is C14H16O4. The summed E-state index contributed by atoms with van der Waals surface area (Å²) in [5.74, 6) is -0.423. The number of aliphatic hydroxyl groups is 1. The van der Waals surface area contributed by atoms with Gasteiger partial charge in [0.15, 0.2) is 0 Å². The third-order valence-electron chi connectivity index (χ3n) is 2.96. The predicted octanol–water partition coefficient (Wildman–Crippen LogP) is 1.61. The zero-order chi connectivity index (χ0) is 13.0. The average molecular weight is 248 g/mol. The molecule has 1 aromatic carbocycles. The van der Waals surface area contributed by atoms with Crippen molar-refractivity contribution < 1.29 is 19.4 Å². The van der Waals surface area contributed by atoms with Gasteiger partial charge in [0, 0.05) is 19.6 Å². The number of rotatable bonds is 4. The second kappa shape index (κ2) is 5.80. The topological polar surface area (TPSA) is 55.8 Å². The number of ether oxygens (including phenoxy) is 2. The van der Waals surface area contributed by atoms with Gasteiger partial charge in [-0.2, -0.15) is 0 Å². The standard InChI is InChI=1S/C14H16O4/c1-17-14(10-6-3-2-4-7-10)13(16)11-8-5-9-12(15)18-11/h2-7,9,11,13-14,16H,8H2,1H3/t11-,13+,14+/m1/s1. The molecule has 1 heterocycles. The number of carbonyl (C=O) groups excluding carboxylic acids is 1. The van der Waals surface area contributed by atoms with E-state index in [1.54, 1.807) is 6.08 Å². The zero-order valence-corrected chi connectivity index (χ0v) is 10.2. The molecule has 18 heavy (non-hydrogen) atoms. The summed E-state index contributed by atoms with van der Waals surface area (Å²) in [6, 6.07) is 9.39. The molecule has 1 aliphatic rings. The summed E-state index contributed by atoms with van der Waals surface area (Å²) in [7, 11) is 1.53. The molecule has 0 radical (unpaired) electrons. The summed E-state index contributed by atoms with van der Waals surface area (Å²) < 4.78 is 10.4. The molecule has 0 saturated carbocycles. The first-order chi connectivity index (χ1) is 8.72. The van der Waals surface area contributed by atoms with Crippen molar-refractivity contribution in [2.75, 3.05) is 7.11 Å². The van der Waals surface area contributed by atoms with E-state index in [2.05, 4.69) is 0 Å². The van der Waals surface area contributed by atoms with Crippen molar-refractivity contribution >= 4 is 5.97 Å². The second-order valence-electron chi connectivity index (χ2n) is 4.17. The van der Waals surface area contributed by atoms with Crippen LogP contribution >= 0.6 is 0 Å². The lowest BCUT2D eigenvalue weighted by Gasteiger charge is -2.29. The Kier molecular flexibility index (Phi) is 4.12. The molecule has 3 atom stereocenters. The minimum absolute atomic E-state index is 0.423. The van der Waals surface area contributed by atoms with Crippen LogP contribution in [0.1, 0.15) is 18.1 Å². The molecule has 1 aliphatic heterocycles. The van der Waals surface area contributed by atoms with Crippen molar-refractivity contribution in [1.29, 1.82) is 0 Å². The molecule has 96 valence electrons. The van der Waals surface area contributed by atoms with E-state index in [1.807, 2.05) is 30.3 Å². The number of aliphatic hydroxyl groups excluding tert-OH is 1. The third-order valence-corrected chi connectivity index (χ3v) is 2.96. The number of methoxy groups -OCH3 is 1. The van der Waals surface area contributed by atoms with Crippen LogP contribution in [0.5, 0.6) is 0 Å². The summed E-state index contributed by atoms with van der Waals surface area (Å²) in [5, 5.41) is 10.3. The lowest BCUT2D eigenvalue weighted by atomic mass is 9.97. The van der Waals surface area contributed by atoms with Gasteiger partial charge >= 0.3 is 5.97 Å². The van der Waals surface area contributed by atoms with Gasteiger partial charge in [0.2, 0.25) is 0 Å². The highest BCUT2D eigenvalue weighted by atomic mass is 16.6. The number of hydrogen-bond acceptors (Lipinski definition) is 4. The molecule has 4 nitrogen and oxygen atoms in total. The molecule has 0 fully saturated rings. The second-order valence-corrected chi connectivity index (χ2v) is 4.17. The Morgan fingerprint density at radius 3 is 2.72 bits per heavy atom. The minimum Gasteiger partial charge on any atom is -0.456 e. The molecule has 0 aromatic heterocycles. The summed E-state index contributed by atoms with van der Waals surface area (Å²) in [5.41, 5.74) is 0.859. The van der Waals surface area contributed by atoms with E-state index in [0.717, 1.165) is 5.56 Å². The van der Waals surface area contributed by atoms with E-state index in [1.165, 1.54) is 13.2 Å². The van der Waals surface area contributed by atoms with Crippen molar-refractivity contribution in [3.63, 3.8) is 0 Å². The molecule has 4 heteroatoms. The number of hydrogen-bond donors (Lipinski definition) is 1. The molecule has 0 amide bonds. The predicted molar refractivity (Wildman–Crippen MR) is 65.8 cm³/mol. The first kappa shape index (κ1) is 12.8. The maximum Gasteiger partial charge on any atom is 0.330 e. The van der Waals surface area contributed by atoms with Gasteiger partial charge in [0.05, 0.1) is 0 Å². The molecule has 0 bridgehead atoms. The molecule has 1 N–H and O–H groups in total. The van der Waals surface area contributed by atoms with Crippen LogP contribution in [0.4, 0.5) is 0 Å². The summed E-state index contributed by atoms with van der Waals surface area (Å²) in [6.45, 7) is 0. The lowest BCUT2D eigenvalue weighted by molar-refractivity contribution is -0.157. The van der Waals surface area contributed by atoms with Crippen molar-refractivity contribution in [2.24, 2.45) is 0 Å². The van der Waals surface area contributed by atoms with E-state index < -0.39 is 24.3 Å². The maximum absolute atomic E-state index is 11.2. The number of benzene rings is 1. The Morgan fingerprint density at radius 2 is 2.11 bits per heavy atom. The highest BCUT2D eigenvalue weighted by molar-refractivity contribution is 5.82. The molecule has 0 saturated heterocycles. The number of carbonyl (C=O) groups is 1. The smallest absolute Gasteiger partial charge is 0.330 e. The molecule has 0 aliphatic carbocycles. The van der Waals surface area contributed by atoms with Gasteiger partial charge in [-0.25, -0.2) is 4.79 Å².